The number of carbonyl (C=O) groups excluding carboxylic acids is 2. The van der Waals surface area contributed by atoms with Crippen LogP contribution in [0.4, 0.5) is 5.69 Å². The fraction of sp³-hybridized carbons (Fsp3) is 0.100. The summed E-state index contributed by atoms with van der Waals surface area (Å²) in [7, 11) is 1.40. The molecule has 0 atom stereocenters. The lowest BCUT2D eigenvalue weighted by Gasteiger charge is -2.02. The van der Waals surface area contributed by atoms with Crippen molar-refractivity contribution in [1.29, 1.82) is 5.26 Å². The van der Waals surface area contributed by atoms with Crippen LogP contribution in [0.15, 0.2) is 12.1 Å². The molecule has 0 aliphatic carbocycles. The van der Waals surface area contributed by atoms with Gasteiger partial charge >= 0.3 is 0 Å². The minimum atomic E-state index is -0.397. The van der Waals surface area contributed by atoms with Crippen LogP contribution in [0.25, 0.3) is 0 Å². The van der Waals surface area contributed by atoms with Gasteiger partial charge in [0.05, 0.1) is 22.4 Å². The van der Waals surface area contributed by atoms with Gasteiger partial charge in [-0.15, -0.1) is 0 Å². The van der Waals surface area contributed by atoms with Crippen LogP contribution < -0.4 is 5.73 Å². The van der Waals surface area contributed by atoms with E-state index in [1.165, 1.54) is 19.2 Å². The van der Waals surface area contributed by atoms with Crippen molar-refractivity contribution in [3.05, 3.63) is 28.8 Å². The van der Waals surface area contributed by atoms with Crippen molar-refractivity contribution >= 4 is 17.5 Å². The summed E-state index contributed by atoms with van der Waals surface area (Å²) in [4.78, 5) is 24.1. The number of imide groups is 1. The molecule has 5 heteroatoms. The maximum Gasteiger partial charge on any atom is 0.261 e. The molecule has 1 aliphatic rings. The Morgan fingerprint density at radius 1 is 1.27 bits per heavy atom. The predicted molar refractivity (Wildman–Crippen MR) is 52.0 cm³/mol. The van der Waals surface area contributed by atoms with E-state index in [9.17, 15) is 9.59 Å². The average molecular weight is 201 g/mol. The molecule has 0 aromatic heterocycles. The Labute approximate surface area is 85.7 Å². The van der Waals surface area contributed by atoms with Crippen molar-refractivity contribution in [3.8, 4) is 6.07 Å². The Balaban J connectivity index is 2.73. The minimum Gasteiger partial charge on any atom is -0.398 e. The SMILES string of the molecule is CN1C(=O)c2cc(N)c(C#N)cc2C1=O. The first-order valence-electron chi connectivity index (χ1n) is 4.22. The third-order valence-electron chi connectivity index (χ3n) is 2.38. The van der Waals surface area contributed by atoms with Crippen LogP contribution >= 0.6 is 0 Å². The number of anilines is 1. The molecule has 0 unspecified atom stereocenters. The zero-order valence-corrected chi connectivity index (χ0v) is 7.94. The molecule has 74 valence electrons. The second-order valence-corrected chi connectivity index (χ2v) is 3.27. The molecule has 0 radical (unpaired) electrons. The molecule has 2 rings (SSSR count). The summed E-state index contributed by atoms with van der Waals surface area (Å²) >= 11 is 0. The average Bonchev–Trinajstić information content (AvgIpc) is 2.43. The Morgan fingerprint density at radius 3 is 2.33 bits per heavy atom. The van der Waals surface area contributed by atoms with Crippen LogP contribution in [-0.2, 0) is 0 Å². The van der Waals surface area contributed by atoms with Gasteiger partial charge in [-0.1, -0.05) is 0 Å². The van der Waals surface area contributed by atoms with Gasteiger partial charge in [0.15, 0.2) is 0 Å². The van der Waals surface area contributed by atoms with Gasteiger partial charge in [-0.05, 0) is 12.1 Å². The highest BCUT2D eigenvalue weighted by Gasteiger charge is 2.33. The molecular weight excluding hydrogens is 194 g/mol. The van der Waals surface area contributed by atoms with Gasteiger partial charge in [0.2, 0.25) is 0 Å². The summed E-state index contributed by atoms with van der Waals surface area (Å²) in [5.74, 6) is -0.780. The number of benzene rings is 1. The molecule has 5 nitrogen and oxygen atoms in total. The largest absolute Gasteiger partial charge is 0.398 e. The fourth-order valence-electron chi connectivity index (χ4n) is 1.52. The number of nitrogens with two attached hydrogens (primary N) is 1. The zero-order valence-electron chi connectivity index (χ0n) is 7.94. The number of nitrogens with zero attached hydrogens (tertiary/aromatic N) is 2. The van der Waals surface area contributed by atoms with Crippen molar-refractivity contribution in [1.82, 2.24) is 4.90 Å². The number of hydrogen-bond donors (Lipinski definition) is 1. The van der Waals surface area contributed by atoms with Gasteiger partial charge in [-0.25, -0.2) is 0 Å². The summed E-state index contributed by atoms with van der Waals surface area (Å²) in [5, 5.41) is 8.73. The predicted octanol–water partition coefficient (Wildman–Crippen LogP) is 0.366. The fourth-order valence-corrected chi connectivity index (χ4v) is 1.52. The topological polar surface area (TPSA) is 87.2 Å². The number of nitrogen functional groups attached to an aromatic ring is 1. The molecule has 1 aromatic rings. The van der Waals surface area contributed by atoms with Crippen LogP contribution in [0, 0.1) is 11.3 Å². The van der Waals surface area contributed by atoms with Gasteiger partial charge < -0.3 is 5.73 Å². The van der Waals surface area contributed by atoms with E-state index in [2.05, 4.69) is 0 Å². The molecule has 15 heavy (non-hydrogen) atoms. The Hall–Kier alpha value is -2.35. The molecule has 1 aromatic carbocycles. The zero-order chi connectivity index (χ0) is 11.2. The van der Waals surface area contributed by atoms with E-state index in [4.69, 9.17) is 11.0 Å². The molecule has 0 saturated carbocycles. The number of carbonyl (C=O) groups is 2. The highest BCUT2D eigenvalue weighted by atomic mass is 16.2. The maximum atomic E-state index is 11.5. The standard InChI is InChI=1S/C10H7N3O2/c1-13-9(14)6-2-5(4-11)8(12)3-7(6)10(13)15/h2-3H,12H2,1H3. The summed E-state index contributed by atoms with van der Waals surface area (Å²) in [5.41, 5.74) is 6.49. The quantitative estimate of drug-likeness (QED) is 0.485. The van der Waals surface area contributed by atoms with Gasteiger partial charge in [0, 0.05) is 7.05 Å². The van der Waals surface area contributed by atoms with E-state index in [0.717, 1.165) is 4.90 Å². The lowest BCUT2D eigenvalue weighted by Crippen LogP contribution is -2.24. The highest BCUT2D eigenvalue weighted by Crippen LogP contribution is 2.26. The van der Waals surface area contributed by atoms with Crippen LogP contribution in [0.1, 0.15) is 26.3 Å². The van der Waals surface area contributed by atoms with Gasteiger partial charge in [0.25, 0.3) is 11.8 Å². The molecule has 2 amide bonds. The smallest absolute Gasteiger partial charge is 0.261 e. The summed E-state index contributed by atoms with van der Waals surface area (Å²) in [6.07, 6.45) is 0. The van der Waals surface area contributed by atoms with Crippen LogP contribution in [0.2, 0.25) is 0 Å². The monoisotopic (exact) mass is 201 g/mol. The minimum absolute atomic E-state index is 0.213. The third kappa shape index (κ3) is 1.08. The molecular formula is C10H7N3O2. The molecule has 0 saturated heterocycles. The first kappa shape index (κ1) is 9.21. The third-order valence-corrected chi connectivity index (χ3v) is 2.38. The first-order chi connectivity index (χ1) is 7.06. The van der Waals surface area contributed by atoms with Crippen molar-refractivity contribution in [2.45, 2.75) is 0 Å². The van der Waals surface area contributed by atoms with Crippen molar-refractivity contribution < 1.29 is 9.59 Å². The first-order valence-corrected chi connectivity index (χ1v) is 4.22. The van der Waals surface area contributed by atoms with Gasteiger partial charge in [-0.2, -0.15) is 5.26 Å². The number of nitriles is 1. The van der Waals surface area contributed by atoms with Crippen molar-refractivity contribution in [2.75, 3.05) is 12.8 Å². The van der Waals surface area contributed by atoms with Crippen LogP contribution in [0.3, 0.4) is 0 Å². The lowest BCUT2D eigenvalue weighted by atomic mass is 10.0. The van der Waals surface area contributed by atoms with E-state index < -0.39 is 5.91 Å². The van der Waals surface area contributed by atoms with Crippen LogP contribution in [0.5, 0.6) is 0 Å². The molecule has 0 bridgehead atoms. The van der Waals surface area contributed by atoms with Crippen LogP contribution in [-0.4, -0.2) is 23.8 Å². The highest BCUT2D eigenvalue weighted by molar-refractivity contribution is 6.21. The Bertz CT molecular complexity index is 528. The second-order valence-electron chi connectivity index (χ2n) is 3.27. The summed E-state index contributed by atoms with van der Waals surface area (Å²) < 4.78 is 0. The van der Waals surface area contributed by atoms with E-state index in [-0.39, 0.29) is 28.3 Å². The number of hydrogen-bond acceptors (Lipinski definition) is 4. The van der Waals surface area contributed by atoms with E-state index >= 15 is 0 Å². The molecule has 1 heterocycles. The molecule has 0 spiro atoms. The Morgan fingerprint density at radius 2 is 1.80 bits per heavy atom. The van der Waals surface area contributed by atoms with E-state index in [0.29, 0.717) is 0 Å². The summed E-state index contributed by atoms with van der Waals surface area (Å²) in [6, 6.07) is 4.60. The molecule has 0 fully saturated rings. The van der Waals surface area contributed by atoms with Crippen molar-refractivity contribution in [2.24, 2.45) is 0 Å². The second kappa shape index (κ2) is 2.82. The normalized spacial score (nSPS) is 14.0. The molecule has 2 N–H and O–H groups in total. The summed E-state index contributed by atoms with van der Waals surface area (Å²) in [6.45, 7) is 0. The van der Waals surface area contributed by atoms with Crippen molar-refractivity contribution in [3.63, 3.8) is 0 Å². The maximum absolute atomic E-state index is 11.5. The van der Waals surface area contributed by atoms with E-state index in [1.54, 1.807) is 0 Å². The van der Waals surface area contributed by atoms with Gasteiger partial charge in [-0.3, -0.25) is 14.5 Å². The lowest BCUT2D eigenvalue weighted by molar-refractivity contribution is 0.0693. The number of fused-ring (bicyclic) bond motifs is 1. The Kier molecular flexibility index (Phi) is 1.73. The van der Waals surface area contributed by atoms with E-state index in [1.807, 2.05) is 6.07 Å². The number of amides is 2. The molecule has 1 aliphatic heterocycles. The van der Waals surface area contributed by atoms with Gasteiger partial charge in [0.1, 0.15) is 6.07 Å². The number of rotatable bonds is 0.